The van der Waals surface area contributed by atoms with Crippen LogP contribution in [0.3, 0.4) is 0 Å². The second kappa shape index (κ2) is 11.0. The van der Waals surface area contributed by atoms with Crippen LogP contribution in [0.4, 0.5) is 13.2 Å². The van der Waals surface area contributed by atoms with Gasteiger partial charge in [0.2, 0.25) is 0 Å². The Balaban J connectivity index is 1.36. The van der Waals surface area contributed by atoms with Crippen molar-refractivity contribution in [3.63, 3.8) is 0 Å². The van der Waals surface area contributed by atoms with Gasteiger partial charge >= 0.3 is 6.18 Å². The fraction of sp³-hybridized carbons (Fsp3) is 0.571. The number of pyridine rings is 1. The maximum Gasteiger partial charge on any atom is 0.417 e. The van der Waals surface area contributed by atoms with E-state index in [1.165, 1.54) is 17.2 Å². The Morgan fingerprint density at radius 2 is 1.86 bits per heavy atom. The summed E-state index contributed by atoms with van der Waals surface area (Å²) in [7, 11) is 4.15. The molecule has 1 aromatic heterocycles. The molecule has 2 aliphatic heterocycles. The van der Waals surface area contributed by atoms with Crippen LogP contribution in [-0.4, -0.2) is 78.0 Å². The molecule has 2 bridgehead atoms. The molecule has 0 N–H and O–H groups in total. The van der Waals surface area contributed by atoms with Gasteiger partial charge in [0, 0.05) is 37.4 Å². The Hall–Kier alpha value is -2.65. The molecular weight excluding hydrogens is 481 g/mol. The minimum absolute atomic E-state index is 0.0372. The molecule has 1 aromatic carbocycles. The number of unbranched alkanes of at least 4 members (excludes halogenated alkanes) is 1. The van der Waals surface area contributed by atoms with Crippen LogP contribution in [-0.2, 0) is 6.18 Å². The first-order chi connectivity index (χ1) is 17.5. The molecule has 37 heavy (non-hydrogen) atoms. The number of piperazine rings is 1. The summed E-state index contributed by atoms with van der Waals surface area (Å²) in [5.41, 5.74) is 2.85. The number of carbonyl (C=O) groups is 1. The van der Waals surface area contributed by atoms with Gasteiger partial charge in [0.05, 0.1) is 12.2 Å². The predicted octanol–water partition coefficient (Wildman–Crippen LogP) is 5.10. The van der Waals surface area contributed by atoms with Crippen molar-refractivity contribution in [2.24, 2.45) is 0 Å². The molecule has 4 rings (SSSR count). The van der Waals surface area contributed by atoms with Gasteiger partial charge in [-0.05, 0) is 95.6 Å². The number of ether oxygens (including phenoxy) is 1. The Kier molecular flexibility index (Phi) is 8.14. The van der Waals surface area contributed by atoms with Gasteiger partial charge in [-0.3, -0.25) is 14.7 Å². The van der Waals surface area contributed by atoms with Crippen LogP contribution in [0.25, 0.3) is 0 Å². The number of rotatable bonds is 9. The lowest BCUT2D eigenvalue weighted by Crippen LogP contribution is -2.49. The van der Waals surface area contributed by atoms with Crippen molar-refractivity contribution in [3.05, 3.63) is 58.4 Å². The van der Waals surface area contributed by atoms with Gasteiger partial charge in [-0.2, -0.15) is 13.2 Å². The number of amides is 1. The number of hydrogen-bond acceptors (Lipinski definition) is 5. The zero-order valence-electron chi connectivity index (χ0n) is 22.3. The zero-order chi connectivity index (χ0) is 26.9. The van der Waals surface area contributed by atoms with Crippen LogP contribution >= 0.6 is 0 Å². The lowest BCUT2D eigenvalue weighted by molar-refractivity contribution is -0.137. The van der Waals surface area contributed by atoms with Crippen LogP contribution in [0.5, 0.6) is 5.75 Å². The van der Waals surface area contributed by atoms with Crippen LogP contribution in [0.1, 0.15) is 65.0 Å². The van der Waals surface area contributed by atoms with Gasteiger partial charge in [-0.1, -0.05) is 6.07 Å². The molecule has 0 unspecified atom stereocenters. The van der Waals surface area contributed by atoms with Crippen LogP contribution in [0, 0.1) is 13.8 Å². The number of carbonyl (C=O) groups excluding carboxylic acids is 1. The monoisotopic (exact) mass is 518 g/mol. The van der Waals surface area contributed by atoms with Crippen molar-refractivity contribution < 1.29 is 22.7 Å². The first kappa shape index (κ1) is 27.4. The first-order valence-electron chi connectivity index (χ1n) is 12.9. The van der Waals surface area contributed by atoms with Crippen molar-refractivity contribution in [1.82, 2.24) is 19.7 Å². The molecule has 0 aliphatic carbocycles. The summed E-state index contributed by atoms with van der Waals surface area (Å²) in [5, 5.41) is 0. The summed E-state index contributed by atoms with van der Waals surface area (Å²) in [6, 6.07) is 6.76. The van der Waals surface area contributed by atoms with Gasteiger partial charge in [-0.25, -0.2) is 0 Å². The highest BCUT2D eigenvalue weighted by Gasteiger charge is 2.47. The SMILES string of the molecule is Cc1c(OCCCCN(C)C)ccc([C@H](C)N2C[C@@H]3C[C@H]2CN3C(=O)c2ccc(C(F)(F)F)cn2)c1C. The molecule has 9 heteroatoms. The van der Waals surface area contributed by atoms with Gasteiger partial charge < -0.3 is 14.5 Å². The average molecular weight is 519 g/mol. The predicted molar refractivity (Wildman–Crippen MR) is 137 cm³/mol. The molecule has 2 aromatic rings. The molecule has 1 amide bonds. The molecule has 0 saturated carbocycles. The topological polar surface area (TPSA) is 48.9 Å². The molecule has 2 fully saturated rings. The molecule has 2 aliphatic rings. The van der Waals surface area contributed by atoms with Gasteiger partial charge in [0.15, 0.2) is 0 Å². The molecule has 3 heterocycles. The number of hydrogen-bond donors (Lipinski definition) is 0. The maximum absolute atomic E-state index is 13.0. The zero-order valence-corrected chi connectivity index (χ0v) is 22.3. The summed E-state index contributed by atoms with van der Waals surface area (Å²) in [5.74, 6) is 0.634. The molecule has 6 nitrogen and oxygen atoms in total. The Bertz CT molecular complexity index is 1100. The highest BCUT2D eigenvalue weighted by Crippen LogP contribution is 2.39. The van der Waals surface area contributed by atoms with E-state index in [0.29, 0.717) is 13.2 Å². The molecule has 0 spiro atoms. The summed E-state index contributed by atoms with van der Waals surface area (Å²) in [6.07, 6.45) is -0.749. The third-order valence-electron chi connectivity index (χ3n) is 7.84. The van der Waals surface area contributed by atoms with Gasteiger partial charge in [0.1, 0.15) is 11.4 Å². The van der Waals surface area contributed by atoms with E-state index in [1.54, 1.807) is 4.90 Å². The first-order valence-corrected chi connectivity index (χ1v) is 12.9. The Morgan fingerprint density at radius 3 is 2.46 bits per heavy atom. The van der Waals surface area contributed by atoms with E-state index >= 15 is 0 Å². The number of fused-ring (bicyclic) bond motifs is 2. The Labute approximate surface area is 217 Å². The highest BCUT2D eigenvalue weighted by molar-refractivity contribution is 5.93. The molecular formula is C28H37F3N4O2. The van der Waals surface area contributed by atoms with Crippen molar-refractivity contribution in [1.29, 1.82) is 0 Å². The average Bonchev–Trinajstić information content (AvgIpc) is 3.46. The molecule has 202 valence electrons. The van der Waals surface area contributed by atoms with Crippen LogP contribution in [0.15, 0.2) is 30.5 Å². The lowest BCUT2D eigenvalue weighted by atomic mass is 9.96. The molecule has 0 radical (unpaired) electrons. The van der Waals surface area contributed by atoms with E-state index < -0.39 is 11.7 Å². The maximum atomic E-state index is 13.0. The molecule has 2 saturated heterocycles. The second-order valence-corrected chi connectivity index (χ2v) is 10.6. The van der Waals surface area contributed by atoms with Crippen molar-refractivity contribution in [3.8, 4) is 5.75 Å². The fourth-order valence-electron chi connectivity index (χ4n) is 5.57. The van der Waals surface area contributed by atoms with Crippen molar-refractivity contribution >= 4 is 5.91 Å². The fourth-order valence-corrected chi connectivity index (χ4v) is 5.57. The van der Waals surface area contributed by atoms with Gasteiger partial charge in [0.25, 0.3) is 5.91 Å². The minimum atomic E-state index is -4.47. The highest BCUT2D eigenvalue weighted by atomic mass is 19.4. The summed E-state index contributed by atoms with van der Waals surface area (Å²) in [6.45, 7) is 9.50. The number of halogens is 3. The van der Waals surface area contributed by atoms with E-state index in [1.807, 2.05) is 0 Å². The number of benzene rings is 1. The second-order valence-electron chi connectivity index (χ2n) is 10.6. The third-order valence-corrected chi connectivity index (χ3v) is 7.84. The lowest BCUT2D eigenvalue weighted by Gasteiger charge is -2.38. The quantitative estimate of drug-likeness (QED) is 0.433. The number of alkyl halides is 3. The summed E-state index contributed by atoms with van der Waals surface area (Å²) >= 11 is 0. The number of likely N-dealkylation sites (tertiary alicyclic amines) is 2. The number of nitrogens with zero attached hydrogens (tertiary/aromatic N) is 4. The van der Waals surface area contributed by atoms with E-state index in [4.69, 9.17) is 4.74 Å². The van der Waals surface area contributed by atoms with Crippen LogP contribution in [0.2, 0.25) is 0 Å². The third kappa shape index (κ3) is 5.93. The standard InChI is InChI=1S/C28H37F3N4O2/c1-18-19(2)26(37-13-7-6-12-33(4)5)11-9-24(18)20(3)34-16-23-14-22(34)17-35(23)27(36)25-10-8-21(15-32-25)28(29,30)31/h8-11,15,20,22-23H,6-7,12-14,16-17H2,1-5H3/t20-,22-,23-/m0/s1. The largest absolute Gasteiger partial charge is 0.493 e. The van der Waals surface area contributed by atoms with Crippen LogP contribution < -0.4 is 4.74 Å². The normalized spacial score (nSPS) is 20.6. The van der Waals surface area contributed by atoms with E-state index in [2.05, 4.69) is 61.8 Å². The van der Waals surface area contributed by atoms with Crippen molar-refractivity contribution in [2.75, 3.05) is 40.3 Å². The van der Waals surface area contributed by atoms with E-state index in [-0.39, 0.29) is 29.7 Å². The smallest absolute Gasteiger partial charge is 0.417 e. The summed E-state index contributed by atoms with van der Waals surface area (Å²) < 4.78 is 44.6. The molecule has 3 atom stereocenters. The van der Waals surface area contributed by atoms with Gasteiger partial charge in [-0.15, -0.1) is 0 Å². The minimum Gasteiger partial charge on any atom is -0.493 e. The Morgan fingerprint density at radius 1 is 1.11 bits per heavy atom. The van der Waals surface area contributed by atoms with E-state index in [9.17, 15) is 18.0 Å². The van der Waals surface area contributed by atoms with E-state index in [0.717, 1.165) is 55.9 Å². The van der Waals surface area contributed by atoms with Crippen molar-refractivity contribution in [2.45, 2.75) is 64.3 Å². The number of aromatic nitrogens is 1. The summed E-state index contributed by atoms with van der Waals surface area (Å²) in [4.78, 5) is 23.2.